The van der Waals surface area contributed by atoms with Crippen LogP contribution < -0.4 is 4.90 Å². The molecule has 0 fully saturated rings. The van der Waals surface area contributed by atoms with Crippen LogP contribution in [-0.4, -0.2) is 26.4 Å². The summed E-state index contributed by atoms with van der Waals surface area (Å²) >= 11 is 0. The summed E-state index contributed by atoms with van der Waals surface area (Å²) in [6, 6.07) is 11.3. The topological polar surface area (TPSA) is 54.5 Å². The van der Waals surface area contributed by atoms with Gasteiger partial charge in [-0.15, -0.1) is 0 Å². The van der Waals surface area contributed by atoms with Gasteiger partial charge in [-0.2, -0.15) is 13.2 Å². The molecule has 1 aliphatic rings. The van der Waals surface area contributed by atoms with Crippen LogP contribution >= 0.6 is 0 Å². The quantitative estimate of drug-likeness (QED) is 0.813. The zero-order valence-corrected chi connectivity index (χ0v) is 13.8. The Balaban J connectivity index is 1.91. The SMILES string of the molecule is O=C(c1ccc(S(=O)(=O)C(F)(F)F)cc1)N1CCCc2ccccc21. The molecule has 0 radical (unpaired) electrons. The van der Waals surface area contributed by atoms with Gasteiger partial charge in [0, 0.05) is 17.8 Å². The van der Waals surface area contributed by atoms with Crippen molar-refractivity contribution < 1.29 is 26.4 Å². The lowest BCUT2D eigenvalue weighted by atomic mass is 10.0. The van der Waals surface area contributed by atoms with E-state index in [9.17, 15) is 26.4 Å². The van der Waals surface area contributed by atoms with Gasteiger partial charge in [-0.25, -0.2) is 8.42 Å². The van der Waals surface area contributed by atoms with E-state index in [0.717, 1.165) is 48.4 Å². The summed E-state index contributed by atoms with van der Waals surface area (Å²) < 4.78 is 60.5. The van der Waals surface area contributed by atoms with Gasteiger partial charge in [0.15, 0.2) is 0 Å². The number of halogens is 3. The van der Waals surface area contributed by atoms with Gasteiger partial charge in [-0.1, -0.05) is 18.2 Å². The number of carbonyl (C=O) groups excluding carboxylic acids is 1. The van der Waals surface area contributed by atoms with Gasteiger partial charge in [-0.05, 0) is 48.7 Å². The molecule has 1 aliphatic heterocycles. The van der Waals surface area contributed by atoms with Crippen molar-refractivity contribution in [3.8, 4) is 0 Å². The Morgan fingerprint density at radius 1 is 1.00 bits per heavy atom. The summed E-state index contributed by atoms with van der Waals surface area (Å²) in [7, 11) is -5.42. The molecule has 3 rings (SSSR count). The van der Waals surface area contributed by atoms with E-state index in [-0.39, 0.29) is 11.5 Å². The molecule has 1 amide bonds. The first-order chi connectivity index (χ1) is 11.7. The number of alkyl halides is 3. The number of para-hydroxylation sites is 1. The van der Waals surface area contributed by atoms with Crippen molar-refractivity contribution in [2.45, 2.75) is 23.2 Å². The Hall–Kier alpha value is -2.35. The Labute approximate surface area is 142 Å². The molecular weight excluding hydrogens is 355 g/mol. The standard InChI is InChI=1S/C17H14F3NO3S/c18-17(19,20)25(23,24)14-9-7-13(8-10-14)16(22)21-11-3-5-12-4-1-2-6-15(12)21/h1-2,4,6-10H,3,5,11H2. The van der Waals surface area contributed by atoms with Crippen LogP contribution in [-0.2, 0) is 16.3 Å². The van der Waals surface area contributed by atoms with E-state index >= 15 is 0 Å². The maximum absolute atomic E-state index is 12.7. The smallest absolute Gasteiger partial charge is 0.308 e. The number of nitrogens with zero attached hydrogens (tertiary/aromatic N) is 1. The van der Waals surface area contributed by atoms with Crippen molar-refractivity contribution in [1.29, 1.82) is 0 Å². The number of sulfone groups is 1. The number of amides is 1. The molecule has 2 aromatic carbocycles. The van der Waals surface area contributed by atoms with Gasteiger partial charge in [0.1, 0.15) is 0 Å². The number of anilines is 1. The van der Waals surface area contributed by atoms with Crippen LogP contribution in [0.2, 0.25) is 0 Å². The molecule has 0 unspecified atom stereocenters. The summed E-state index contributed by atoms with van der Waals surface area (Å²) in [5.41, 5.74) is -3.44. The van der Waals surface area contributed by atoms with Crippen LogP contribution in [0.3, 0.4) is 0 Å². The van der Waals surface area contributed by atoms with Crippen molar-refractivity contribution >= 4 is 21.4 Å². The van der Waals surface area contributed by atoms with Crippen LogP contribution in [0.4, 0.5) is 18.9 Å². The number of benzene rings is 2. The average Bonchev–Trinajstić information content (AvgIpc) is 2.60. The summed E-state index contributed by atoms with van der Waals surface area (Å²) in [5.74, 6) is -0.372. The largest absolute Gasteiger partial charge is 0.501 e. The first-order valence-electron chi connectivity index (χ1n) is 7.53. The number of rotatable bonds is 2. The second kappa shape index (κ2) is 6.18. The predicted molar refractivity (Wildman–Crippen MR) is 86.1 cm³/mol. The number of hydrogen-bond acceptors (Lipinski definition) is 3. The zero-order chi connectivity index (χ0) is 18.2. The first-order valence-corrected chi connectivity index (χ1v) is 9.01. The molecule has 8 heteroatoms. The fraction of sp³-hybridized carbons (Fsp3) is 0.235. The minimum atomic E-state index is -5.42. The normalized spacial score (nSPS) is 14.9. The fourth-order valence-corrected chi connectivity index (χ4v) is 3.57. The fourth-order valence-electron chi connectivity index (χ4n) is 2.81. The van der Waals surface area contributed by atoms with Crippen LogP contribution in [0.15, 0.2) is 53.4 Å². The molecule has 0 N–H and O–H groups in total. The monoisotopic (exact) mass is 369 g/mol. The Kier molecular flexibility index (Phi) is 4.32. The molecule has 25 heavy (non-hydrogen) atoms. The first kappa shape index (κ1) is 17.5. The molecule has 0 spiro atoms. The van der Waals surface area contributed by atoms with E-state index < -0.39 is 20.2 Å². The Morgan fingerprint density at radius 2 is 1.64 bits per heavy atom. The number of carbonyl (C=O) groups is 1. The highest BCUT2D eigenvalue weighted by atomic mass is 32.2. The highest BCUT2D eigenvalue weighted by Crippen LogP contribution is 2.31. The van der Waals surface area contributed by atoms with E-state index in [0.29, 0.717) is 6.54 Å². The van der Waals surface area contributed by atoms with Crippen LogP contribution in [0, 0.1) is 0 Å². The van der Waals surface area contributed by atoms with E-state index in [1.54, 1.807) is 4.90 Å². The van der Waals surface area contributed by atoms with Gasteiger partial charge >= 0.3 is 5.51 Å². The van der Waals surface area contributed by atoms with Crippen molar-refractivity contribution in [1.82, 2.24) is 0 Å². The molecule has 4 nitrogen and oxygen atoms in total. The highest BCUT2D eigenvalue weighted by molar-refractivity contribution is 7.92. The van der Waals surface area contributed by atoms with E-state index in [1.807, 2.05) is 24.3 Å². The molecule has 0 bridgehead atoms. The lowest BCUT2D eigenvalue weighted by molar-refractivity contribution is -0.0436. The Morgan fingerprint density at radius 3 is 2.28 bits per heavy atom. The summed E-state index contributed by atoms with van der Waals surface area (Å²) in [4.78, 5) is 13.4. The molecule has 132 valence electrons. The summed E-state index contributed by atoms with van der Waals surface area (Å²) in [5, 5.41) is 0. The third kappa shape index (κ3) is 3.13. The molecule has 0 aromatic heterocycles. The van der Waals surface area contributed by atoms with Crippen molar-refractivity contribution in [3.05, 3.63) is 59.7 Å². The zero-order valence-electron chi connectivity index (χ0n) is 13.0. The minimum absolute atomic E-state index is 0.137. The number of hydrogen-bond donors (Lipinski definition) is 0. The van der Waals surface area contributed by atoms with Crippen LogP contribution in [0.1, 0.15) is 22.3 Å². The van der Waals surface area contributed by atoms with Crippen molar-refractivity contribution in [2.24, 2.45) is 0 Å². The van der Waals surface area contributed by atoms with Crippen LogP contribution in [0.5, 0.6) is 0 Å². The molecule has 0 saturated heterocycles. The minimum Gasteiger partial charge on any atom is -0.308 e. The lowest BCUT2D eigenvalue weighted by Gasteiger charge is -2.29. The molecule has 2 aromatic rings. The Bertz CT molecular complexity index is 905. The second-order valence-electron chi connectivity index (χ2n) is 5.66. The van der Waals surface area contributed by atoms with Crippen molar-refractivity contribution in [3.63, 3.8) is 0 Å². The van der Waals surface area contributed by atoms with Gasteiger partial charge in [0.2, 0.25) is 0 Å². The lowest BCUT2D eigenvalue weighted by Crippen LogP contribution is -2.35. The van der Waals surface area contributed by atoms with Gasteiger partial charge in [0.25, 0.3) is 15.7 Å². The molecular formula is C17H14F3NO3S. The van der Waals surface area contributed by atoms with Crippen LogP contribution in [0.25, 0.3) is 0 Å². The summed E-state index contributed by atoms with van der Waals surface area (Å²) in [6.07, 6.45) is 1.63. The van der Waals surface area contributed by atoms with E-state index in [2.05, 4.69) is 0 Å². The number of aryl methyl sites for hydroxylation is 1. The third-order valence-corrected chi connectivity index (χ3v) is 5.57. The van der Waals surface area contributed by atoms with E-state index in [4.69, 9.17) is 0 Å². The van der Waals surface area contributed by atoms with Gasteiger partial charge in [0.05, 0.1) is 4.90 Å². The third-order valence-electron chi connectivity index (χ3n) is 4.07. The maximum Gasteiger partial charge on any atom is 0.501 e. The summed E-state index contributed by atoms with van der Waals surface area (Å²) in [6.45, 7) is 0.498. The molecule has 0 atom stereocenters. The highest BCUT2D eigenvalue weighted by Gasteiger charge is 2.46. The average molecular weight is 369 g/mol. The molecule has 0 aliphatic carbocycles. The second-order valence-corrected chi connectivity index (χ2v) is 7.60. The maximum atomic E-state index is 12.7. The van der Waals surface area contributed by atoms with Gasteiger partial charge in [-0.3, -0.25) is 4.79 Å². The van der Waals surface area contributed by atoms with Crippen molar-refractivity contribution in [2.75, 3.05) is 11.4 Å². The predicted octanol–water partition coefficient (Wildman–Crippen LogP) is 3.57. The van der Waals surface area contributed by atoms with Gasteiger partial charge < -0.3 is 4.90 Å². The number of fused-ring (bicyclic) bond motifs is 1. The molecule has 0 saturated carbocycles. The van der Waals surface area contributed by atoms with E-state index in [1.165, 1.54) is 0 Å². The molecule has 1 heterocycles.